The number of aromatic nitrogens is 4. The molecule has 1 atom stereocenters. The number of benzene rings is 2. The second-order valence-corrected chi connectivity index (χ2v) is 7.24. The van der Waals surface area contributed by atoms with Crippen LogP contribution in [0.3, 0.4) is 0 Å². The highest BCUT2D eigenvalue weighted by Crippen LogP contribution is 2.26. The predicted octanol–water partition coefficient (Wildman–Crippen LogP) is 3.56. The summed E-state index contributed by atoms with van der Waals surface area (Å²) >= 11 is 0. The molecule has 0 saturated heterocycles. The number of fused-ring (bicyclic) bond motifs is 3. The van der Waals surface area contributed by atoms with Gasteiger partial charge in [0.25, 0.3) is 0 Å². The maximum atomic E-state index is 12.3. The van der Waals surface area contributed by atoms with Gasteiger partial charge in [-0.2, -0.15) is 4.52 Å². The van der Waals surface area contributed by atoms with Crippen molar-refractivity contribution in [2.45, 2.75) is 19.9 Å². The van der Waals surface area contributed by atoms with E-state index in [0.29, 0.717) is 17.4 Å². The Bertz CT molecular complexity index is 1220. The zero-order valence-corrected chi connectivity index (χ0v) is 17.3. The molecular formula is C22H23N5O3. The van der Waals surface area contributed by atoms with E-state index in [2.05, 4.69) is 10.4 Å². The molecule has 0 fully saturated rings. The van der Waals surface area contributed by atoms with Gasteiger partial charge >= 0.3 is 5.97 Å². The standard InChI is InChI=1S/C22H23N5O3/c1-13(2)18(21(28)30-4)24-22-23-17-11-6-5-10-16(17)20-25-19(26-27(20)22)14-8-7-9-15(12-14)29-3/h5-13,18H,1-4H3,(H,23,24)/t18-/m1/s1. The minimum absolute atomic E-state index is 0.0119. The van der Waals surface area contributed by atoms with Gasteiger partial charge in [0, 0.05) is 10.9 Å². The molecule has 8 nitrogen and oxygen atoms in total. The smallest absolute Gasteiger partial charge is 0.328 e. The number of carbonyl (C=O) groups is 1. The molecule has 2 aromatic carbocycles. The number of ether oxygens (including phenoxy) is 2. The van der Waals surface area contributed by atoms with Crippen LogP contribution >= 0.6 is 0 Å². The Kier molecular flexibility index (Phi) is 5.22. The lowest BCUT2D eigenvalue weighted by molar-refractivity contribution is -0.142. The molecule has 4 aromatic rings. The topological polar surface area (TPSA) is 90.6 Å². The quantitative estimate of drug-likeness (QED) is 0.491. The van der Waals surface area contributed by atoms with Crippen molar-refractivity contribution in [1.82, 2.24) is 19.6 Å². The number of nitrogens with one attached hydrogen (secondary N) is 1. The number of nitrogens with zero attached hydrogens (tertiary/aromatic N) is 4. The fourth-order valence-electron chi connectivity index (χ4n) is 3.30. The number of hydrogen-bond donors (Lipinski definition) is 1. The van der Waals surface area contributed by atoms with Crippen molar-refractivity contribution in [3.8, 4) is 17.1 Å². The zero-order chi connectivity index (χ0) is 21.3. The first kappa shape index (κ1) is 19.6. The molecule has 0 spiro atoms. The Morgan fingerprint density at radius 3 is 2.60 bits per heavy atom. The van der Waals surface area contributed by atoms with E-state index in [4.69, 9.17) is 19.4 Å². The first-order valence-electron chi connectivity index (χ1n) is 9.66. The highest BCUT2D eigenvalue weighted by Gasteiger charge is 2.25. The van der Waals surface area contributed by atoms with Gasteiger partial charge in [0.05, 0.1) is 19.7 Å². The molecule has 0 saturated carbocycles. The number of para-hydroxylation sites is 1. The third-order valence-electron chi connectivity index (χ3n) is 4.91. The average molecular weight is 405 g/mol. The molecule has 0 aliphatic rings. The van der Waals surface area contributed by atoms with E-state index >= 15 is 0 Å². The normalized spacial score (nSPS) is 12.3. The van der Waals surface area contributed by atoms with E-state index in [1.807, 2.05) is 62.4 Å². The van der Waals surface area contributed by atoms with E-state index in [1.165, 1.54) is 7.11 Å². The summed E-state index contributed by atoms with van der Waals surface area (Å²) in [7, 11) is 2.99. The largest absolute Gasteiger partial charge is 0.497 e. The molecule has 1 N–H and O–H groups in total. The fraction of sp³-hybridized carbons (Fsp3) is 0.273. The number of esters is 1. The van der Waals surface area contributed by atoms with Crippen molar-refractivity contribution in [3.63, 3.8) is 0 Å². The third-order valence-corrected chi connectivity index (χ3v) is 4.91. The highest BCUT2D eigenvalue weighted by molar-refractivity contribution is 5.93. The van der Waals surface area contributed by atoms with Crippen LogP contribution in [0.2, 0.25) is 0 Å². The maximum Gasteiger partial charge on any atom is 0.328 e. The van der Waals surface area contributed by atoms with Crippen LogP contribution in [0.4, 0.5) is 5.95 Å². The molecular weight excluding hydrogens is 382 g/mol. The Morgan fingerprint density at radius 1 is 1.07 bits per heavy atom. The van der Waals surface area contributed by atoms with Gasteiger partial charge in [0.2, 0.25) is 5.95 Å². The lowest BCUT2D eigenvalue weighted by atomic mass is 10.1. The van der Waals surface area contributed by atoms with Gasteiger partial charge in [-0.1, -0.05) is 38.1 Å². The SMILES string of the molecule is COC(=O)[C@H](Nc1nc2ccccc2c2nc(-c3cccc(OC)c3)nn12)C(C)C. The fourth-order valence-corrected chi connectivity index (χ4v) is 3.30. The number of carbonyl (C=O) groups excluding carboxylic acids is 1. The van der Waals surface area contributed by atoms with Crippen molar-refractivity contribution < 1.29 is 14.3 Å². The molecule has 0 radical (unpaired) electrons. The highest BCUT2D eigenvalue weighted by atomic mass is 16.5. The Balaban J connectivity index is 1.90. The van der Waals surface area contributed by atoms with Gasteiger partial charge in [-0.15, -0.1) is 5.10 Å². The van der Waals surface area contributed by atoms with Gasteiger partial charge in [0.1, 0.15) is 11.8 Å². The van der Waals surface area contributed by atoms with Crippen LogP contribution in [0.15, 0.2) is 48.5 Å². The predicted molar refractivity (Wildman–Crippen MR) is 115 cm³/mol. The van der Waals surface area contributed by atoms with Crippen molar-refractivity contribution in [2.24, 2.45) is 5.92 Å². The van der Waals surface area contributed by atoms with E-state index in [0.717, 1.165) is 22.2 Å². The van der Waals surface area contributed by atoms with Crippen molar-refractivity contribution >= 4 is 28.5 Å². The molecule has 0 unspecified atom stereocenters. The van der Waals surface area contributed by atoms with E-state index in [-0.39, 0.29) is 11.9 Å². The van der Waals surface area contributed by atoms with Crippen molar-refractivity contribution in [1.29, 1.82) is 0 Å². The Morgan fingerprint density at radius 2 is 1.87 bits per heavy atom. The number of hydrogen-bond acceptors (Lipinski definition) is 7. The summed E-state index contributed by atoms with van der Waals surface area (Å²) in [5.41, 5.74) is 2.22. The maximum absolute atomic E-state index is 12.3. The molecule has 0 aliphatic carbocycles. The van der Waals surface area contributed by atoms with E-state index in [9.17, 15) is 4.79 Å². The summed E-state index contributed by atoms with van der Waals surface area (Å²) in [5, 5.41) is 8.75. The van der Waals surface area contributed by atoms with Gasteiger partial charge in [-0.25, -0.2) is 14.8 Å². The van der Waals surface area contributed by atoms with Crippen LogP contribution < -0.4 is 10.1 Å². The molecule has 0 amide bonds. The van der Waals surface area contributed by atoms with E-state index < -0.39 is 6.04 Å². The van der Waals surface area contributed by atoms with Crippen LogP contribution in [0.5, 0.6) is 5.75 Å². The Labute approximate surface area is 173 Å². The van der Waals surface area contributed by atoms with Crippen LogP contribution in [0.25, 0.3) is 27.9 Å². The van der Waals surface area contributed by atoms with E-state index in [1.54, 1.807) is 11.6 Å². The summed E-state index contributed by atoms with van der Waals surface area (Å²) in [6, 6.07) is 14.7. The number of methoxy groups -OCH3 is 2. The van der Waals surface area contributed by atoms with Crippen LogP contribution in [-0.2, 0) is 9.53 Å². The minimum atomic E-state index is -0.573. The van der Waals surface area contributed by atoms with Crippen LogP contribution in [-0.4, -0.2) is 45.8 Å². The van der Waals surface area contributed by atoms with Gasteiger partial charge in [-0.05, 0) is 30.2 Å². The molecule has 8 heteroatoms. The molecule has 2 heterocycles. The number of anilines is 1. The number of rotatable bonds is 6. The lowest BCUT2D eigenvalue weighted by Gasteiger charge is -2.20. The Hall–Kier alpha value is -3.68. The molecule has 30 heavy (non-hydrogen) atoms. The summed E-state index contributed by atoms with van der Waals surface area (Å²) in [6.07, 6.45) is 0. The first-order chi connectivity index (χ1) is 14.5. The summed E-state index contributed by atoms with van der Waals surface area (Å²) in [4.78, 5) is 21.7. The van der Waals surface area contributed by atoms with Crippen molar-refractivity contribution in [2.75, 3.05) is 19.5 Å². The second-order valence-electron chi connectivity index (χ2n) is 7.24. The molecule has 4 rings (SSSR count). The summed E-state index contributed by atoms with van der Waals surface area (Å²) < 4.78 is 11.9. The first-order valence-corrected chi connectivity index (χ1v) is 9.66. The minimum Gasteiger partial charge on any atom is -0.497 e. The summed E-state index contributed by atoms with van der Waals surface area (Å²) in [5.74, 6) is 1.31. The third kappa shape index (κ3) is 3.52. The molecule has 0 aliphatic heterocycles. The molecule has 154 valence electrons. The van der Waals surface area contributed by atoms with Crippen LogP contribution in [0.1, 0.15) is 13.8 Å². The van der Waals surface area contributed by atoms with Gasteiger partial charge in [0.15, 0.2) is 11.5 Å². The lowest BCUT2D eigenvalue weighted by Crippen LogP contribution is -2.36. The van der Waals surface area contributed by atoms with Gasteiger partial charge < -0.3 is 14.8 Å². The molecule has 0 bridgehead atoms. The summed E-state index contributed by atoms with van der Waals surface area (Å²) in [6.45, 7) is 3.88. The van der Waals surface area contributed by atoms with Gasteiger partial charge in [-0.3, -0.25) is 0 Å². The zero-order valence-electron chi connectivity index (χ0n) is 17.3. The van der Waals surface area contributed by atoms with Crippen LogP contribution in [0, 0.1) is 5.92 Å². The second kappa shape index (κ2) is 7.98. The van der Waals surface area contributed by atoms with Crippen molar-refractivity contribution in [3.05, 3.63) is 48.5 Å². The molecule has 2 aromatic heterocycles. The average Bonchev–Trinajstić information content (AvgIpc) is 3.22. The monoisotopic (exact) mass is 405 g/mol.